The lowest BCUT2D eigenvalue weighted by atomic mass is 9.86. The summed E-state index contributed by atoms with van der Waals surface area (Å²) < 4.78 is 16.4. The van der Waals surface area contributed by atoms with E-state index in [-0.39, 0.29) is 11.7 Å². The van der Waals surface area contributed by atoms with E-state index >= 15 is 0 Å². The molecule has 1 saturated heterocycles. The minimum absolute atomic E-state index is 0.0260. The lowest BCUT2D eigenvalue weighted by Crippen LogP contribution is -2.38. The van der Waals surface area contributed by atoms with Gasteiger partial charge in [-0.3, -0.25) is 4.79 Å². The normalized spacial score (nSPS) is 15.6. The first-order valence-electron chi connectivity index (χ1n) is 14.4. The fourth-order valence-electron chi connectivity index (χ4n) is 5.58. The number of nitrogens with one attached hydrogen (secondary N) is 1. The molecule has 0 spiro atoms. The van der Waals surface area contributed by atoms with Crippen molar-refractivity contribution in [3.05, 3.63) is 108 Å². The van der Waals surface area contributed by atoms with Crippen LogP contribution in [0.1, 0.15) is 45.8 Å². The SMILES string of the molecule is COc1ccc(CCNC(=O)c2ccccc2C2CCN(CCN3C=COC(c4cccc(O)c4)=C3)CC2)cc1OC. The number of ether oxygens (including phenoxy) is 3. The topological polar surface area (TPSA) is 83.5 Å². The second-order valence-corrected chi connectivity index (χ2v) is 10.6. The van der Waals surface area contributed by atoms with Crippen LogP contribution in [0.3, 0.4) is 0 Å². The van der Waals surface area contributed by atoms with Crippen LogP contribution in [-0.4, -0.2) is 67.8 Å². The summed E-state index contributed by atoms with van der Waals surface area (Å²) in [6, 6.07) is 20.9. The van der Waals surface area contributed by atoms with E-state index in [9.17, 15) is 9.90 Å². The largest absolute Gasteiger partial charge is 0.508 e. The molecule has 2 aliphatic heterocycles. The highest BCUT2D eigenvalue weighted by Crippen LogP contribution is 2.31. The lowest BCUT2D eigenvalue weighted by Gasteiger charge is -2.34. The summed E-state index contributed by atoms with van der Waals surface area (Å²) in [4.78, 5) is 17.8. The first-order valence-corrected chi connectivity index (χ1v) is 14.4. The number of amides is 1. The molecule has 42 heavy (non-hydrogen) atoms. The number of phenols is 1. The predicted octanol–water partition coefficient (Wildman–Crippen LogP) is 5.36. The maximum absolute atomic E-state index is 13.2. The van der Waals surface area contributed by atoms with Crippen LogP contribution in [0.25, 0.3) is 5.76 Å². The number of hydrogen-bond acceptors (Lipinski definition) is 7. The second-order valence-electron chi connectivity index (χ2n) is 10.6. The average Bonchev–Trinajstić information content (AvgIpc) is 3.04. The highest BCUT2D eigenvalue weighted by atomic mass is 16.5. The van der Waals surface area contributed by atoms with Gasteiger partial charge < -0.3 is 34.4 Å². The smallest absolute Gasteiger partial charge is 0.251 e. The standard InChI is InChI=1S/C34H39N3O5/c1-40-31-11-10-25(22-32(31)41-2)12-15-35-34(39)30-9-4-3-8-29(30)26-13-16-36(17-14-26)18-19-37-20-21-42-33(24-37)27-6-5-7-28(38)23-27/h3-11,20-24,26,38H,12-19H2,1-2H3,(H,35,39). The number of likely N-dealkylation sites (tertiary alicyclic amines) is 1. The maximum Gasteiger partial charge on any atom is 0.251 e. The Morgan fingerprint density at radius 1 is 0.976 bits per heavy atom. The van der Waals surface area contributed by atoms with Crippen molar-refractivity contribution in [2.24, 2.45) is 0 Å². The number of nitrogens with zero attached hydrogens (tertiary/aromatic N) is 2. The molecule has 2 N–H and O–H groups in total. The van der Waals surface area contributed by atoms with Gasteiger partial charge in [-0.25, -0.2) is 0 Å². The average molecular weight is 570 g/mol. The van der Waals surface area contributed by atoms with E-state index in [2.05, 4.69) is 21.2 Å². The molecule has 3 aromatic rings. The van der Waals surface area contributed by atoms with Crippen LogP contribution in [0.5, 0.6) is 17.2 Å². The number of carbonyl (C=O) groups is 1. The molecule has 0 aliphatic carbocycles. The summed E-state index contributed by atoms with van der Waals surface area (Å²) in [5, 5.41) is 12.9. The zero-order valence-corrected chi connectivity index (χ0v) is 24.3. The van der Waals surface area contributed by atoms with E-state index in [1.54, 1.807) is 32.6 Å². The zero-order chi connectivity index (χ0) is 29.3. The summed E-state index contributed by atoms with van der Waals surface area (Å²) in [6.45, 7) is 4.28. The first-order chi connectivity index (χ1) is 20.5. The molecular weight excluding hydrogens is 530 g/mol. The zero-order valence-electron chi connectivity index (χ0n) is 24.3. The number of rotatable bonds is 11. The van der Waals surface area contributed by atoms with Crippen molar-refractivity contribution in [2.75, 3.05) is 46.9 Å². The third kappa shape index (κ3) is 7.25. The maximum atomic E-state index is 13.2. The van der Waals surface area contributed by atoms with Crippen LogP contribution in [0.15, 0.2) is 85.4 Å². The minimum atomic E-state index is -0.0260. The number of piperidine rings is 1. The Kier molecular flexibility index (Phi) is 9.66. The van der Waals surface area contributed by atoms with Gasteiger partial charge >= 0.3 is 0 Å². The van der Waals surface area contributed by atoms with Crippen molar-refractivity contribution < 1.29 is 24.1 Å². The molecule has 2 aliphatic rings. The van der Waals surface area contributed by atoms with Crippen LogP contribution in [0.4, 0.5) is 0 Å². The number of aromatic hydroxyl groups is 1. The molecule has 8 heteroatoms. The second kappa shape index (κ2) is 14.0. The summed E-state index contributed by atoms with van der Waals surface area (Å²) in [7, 11) is 3.24. The van der Waals surface area contributed by atoms with Gasteiger partial charge in [0, 0.05) is 43.2 Å². The van der Waals surface area contributed by atoms with Gasteiger partial charge in [0.25, 0.3) is 5.91 Å². The van der Waals surface area contributed by atoms with Crippen LogP contribution in [-0.2, 0) is 11.2 Å². The van der Waals surface area contributed by atoms with E-state index in [1.807, 2.05) is 60.9 Å². The monoisotopic (exact) mass is 569 g/mol. The Bertz CT molecular complexity index is 1430. The third-order valence-corrected chi connectivity index (χ3v) is 7.92. The van der Waals surface area contributed by atoms with Crippen molar-refractivity contribution in [3.8, 4) is 17.2 Å². The number of benzene rings is 3. The summed E-state index contributed by atoms with van der Waals surface area (Å²) >= 11 is 0. The van der Waals surface area contributed by atoms with Crippen LogP contribution in [0, 0.1) is 0 Å². The summed E-state index contributed by atoms with van der Waals surface area (Å²) in [5.74, 6) is 2.64. The number of phenolic OH excluding ortho intramolecular Hbond substituents is 1. The molecule has 8 nitrogen and oxygen atoms in total. The molecule has 0 unspecified atom stereocenters. The van der Waals surface area contributed by atoms with Gasteiger partial charge in [-0.2, -0.15) is 0 Å². The Morgan fingerprint density at radius 3 is 2.57 bits per heavy atom. The van der Waals surface area contributed by atoms with Gasteiger partial charge in [-0.15, -0.1) is 0 Å². The molecule has 1 fully saturated rings. The molecule has 5 rings (SSSR count). The Hall–Kier alpha value is -4.43. The van der Waals surface area contributed by atoms with Crippen molar-refractivity contribution in [1.29, 1.82) is 0 Å². The van der Waals surface area contributed by atoms with Gasteiger partial charge in [-0.05, 0) is 79.7 Å². The molecule has 0 saturated carbocycles. The van der Waals surface area contributed by atoms with Crippen molar-refractivity contribution in [1.82, 2.24) is 15.1 Å². The number of carbonyl (C=O) groups excluding carboxylic acids is 1. The fourth-order valence-corrected chi connectivity index (χ4v) is 5.58. The molecule has 0 radical (unpaired) electrons. The van der Waals surface area contributed by atoms with E-state index in [1.165, 1.54) is 0 Å². The lowest BCUT2D eigenvalue weighted by molar-refractivity contribution is 0.0951. The van der Waals surface area contributed by atoms with Gasteiger partial charge in [-0.1, -0.05) is 36.4 Å². The van der Waals surface area contributed by atoms with Crippen molar-refractivity contribution in [3.63, 3.8) is 0 Å². The highest BCUT2D eigenvalue weighted by molar-refractivity contribution is 5.95. The predicted molar refractivity (Wildman–Crippen MR) is 163 cm³/mol. The van der Waals surface area contributed by atoms with E-state index in [4.69, 9.17) is 14.2 Å². The van der Waals surface area contributed by atoms with E-state index in [0.717, 1.165) is 61.3 Å². The Labute approximate surface area is 247 Å². The number of hydrogen-bond donors (Lipinski definition) is 2. The van der Waals surface area contributed by atoms with Crippen molar-refractivity contribution in [2.45, 2.75) is 25.2 Å². The minimum Gasteiger partial charge on any atom is -0.508 e. The molecule has 0 atom stereocenters. The molecule has 0 bridgehead atoms. The van der Waals surface area contributed by atoms with Crippen LogP contribution in [0.2, 0.25) is 0 Å². The Balaban J connectivity index is 1.11. The van der Waals surface area contributed by atoms with E-state index < -0.39 is 0 Å². The first kappa shape index (κ1) is 29.1. The molecular formula is C34H39N3O5. The van der Waals surface area contributed by atoms with Gasteiger partial charge in [0.1, 0.15) is 17.8 Å². The molecule has 220 valence electrons. The molecule has 1 amide bonds. The van der Waals surface area contributed by atoms with Crippen LogP contribution >= 0.6 is 0 Å². The van der Waals surface area contributed by atoms with Gasteiger partial charge in [0.2, 0.25) is 0 Å². The molecule has 2 heterocycles. The Morgan fingerprint density at radius 2 is 1.79 bits per heavy atom. The highest BCUT2D eigenvalue weighted by Gasteiger charge is 2.24. The summed E-state index contributed by atoms with van der Waals surface area (Å²) in [6.07, 6.45) is 8.32. The third-order valence-electron chi connectivity index (χ3n) is 7.92. The molecule has 3 aromatic carbocycles. The van der Waals surface area contributed by atoms with Gasteiger partial charge in [0.05, 0.1) is 14.2 Å². The van der Waals surface area contributed by atoms with E-state index in [0.29, 0.717) is 36.1 Å². The quantitative estimate of drug-likeness (QED) is 0.322. The van der Waals surface area contributed by atoms with Gasteiger partial charge in [0.15, 0.2) is 11.5 Å². The van der Waals surface area contributed by atoms with Crippen molar-refractivity contribution >= 4 is 11.7 Å². The summed E-state index contributed by atoms with van der Waals surface area (Å²) in [5.41, 5.74) is 3.82. The number of methoxy groups -OCH3 is 2. The molecule has 0 aromatic heterocycles. The fraction of sp³-hybridized carbons (Fsp3) is 0.324. The van der Waals surface area contributed by atoms with Crippen LogP contribution < -0.4 is 14.8 Å².